The van der Waals surface area contributed by atoms with Crippen molar-refractivity contribution in [2.45, 2.75) is 6.10 Å². The second-order valence-corrected chi connectivity index (χ2v) is 2.80. The summed E-state index contributed by atoms with van der Waals surface area (Å²) in [6.07, 6.45) is -1.02. The Morgan fingerprint density at radius 3 is 2.60 bits per heavy atom. The Bertz CT molecular complexity index is 303. The molecule has 1 aromatic carbocycles. The zero-order valence-corrected chi connectivity index (χ0v) is 7.91. The molecule has 6 heteroatoms. The van der Waals surface area contributed by atoms with Crippen LogP contribution in [0.25, 0.3) is 0 Å². The van der Waals surface area contributed by atoms with E-state index >= 15 is 0 Å². The van der Waals surface area contributed by atoms with Crippen molar-refractivity contribution in [2.24, 2.45) is 0 Å². The highest BCUT2D eigenvalue weighted by Crippen LogP contribution is 2.08. The minimum absolute atomic E-state index is 0.0438. The van der Waals surface area contributed by atoms with Crippen LogP contribution in [0.15, 0.2) is 30.3 Å². The lowest BCUT2D eigenvalue weighted by atomic mass is 10.3. The van der Waals surface area contributed by atoms with Gasteiger partial charge in [0.1, 0.15) is 25.1 Å². The number of rotatable bonds is 6. The van der Waals surface area contributed by atoms with Crippen LogP contribution in [0.3, 0.4) is 0 Å². The van der Waals surface area contributed by atoms with Gasteiger partial charge < -0.3 is 14.7 Å². The molecule has 15 heavy (non-hydrogen) atoms. The molecule has 1 aromatic rings. The molecule has 1 rings (SSSR count). The Morgan fingerprint density at radius 1 is 1.33 bits per heavy atom. The molecule has 0 amide bonds. The number of aliphatic hydroxyl groups is 1. The molecule has 6 nitrogen and oxygen atoms in total. The summed E-state index contributed by atoms with van der Waals surface area (Å²) in [5, 5.41) is 18.1. The molecule has 82 valence electrons. The van der Waals surface area contributed by atoms with E-state index in [0.29, 0.717) is 5.75 Å². The molecule has 0 unspecified atom stereocenters. The molecule has 0 aliphatic heterocycles. The van der Waals surface area contributed by atoms with Crippen molar-refractivity contribution >= 4 is 0 Å². The van der Waals surface area contributed by atoms with Crippen LogP contribution in [0.2, 0.25) is 0 Å². The summed E-state index contributed by atoms with van der Waals surface area (Å²) < 4.78 is 5.15. The van der Waals surface area contributed by atoms with Gasteiger partial charge in [-0.3, -0.25) is 0 Å². The van der Waals surface area contributed by atoms with Gasteiger partial charge in [-0.2, -0.15) is 0 Å². The number of aliphatic hydroxyl groups excluding tert-OH is 1. The number of hydrogen-bond acceptors (Lipinski definition) is 5. The van der Waals surface area contributed by atoms with Gasteiger partial charge in [-0.1, -0.05) is 18.2 Å². The fraction of sp³-hybridized carbons (Fsp3) is 0.333. The highest BCUT2D eigenvalue weighted by Gasteiger charge is 2.07. The van der Waals surface area contributed by atoms with Crippen LogP contribution in [0.4, 0.5) is 0 Å². The number of para-hydroxylation sites is 1. The monoisotopic (exact) mass is 213 g/mol. The van der Waals surface area contributed by atoms with Crippen LogP contribution >= 0.6 is 0 Å². The van der Waals surface area contributed by atoms with Crippen molar-refractivity contribution < 1.29 is 19.8 Å². The number of benzene rings is 1. The zero-order valence-electron chi connectivity index (χ0n) is 7.91. The Labute approximate surface area is 86.2 Å². The van der Waals surface area contributed by atoms with Gasteiger partial charge in [-0.15, -0.1) is 10.1 Å². The molecule has 0 bridgehead atoms. The largest absolute Gasteiger partial charge is 0.491 e. The van der Waals surface area contributed by atoms with Crippen LogP contribution in [0, 0.1) is 10.1 Å². The number of nitrogens with zero attached hydrogens (tertiary/aromatic N) is 1. The van der Waals surface area contributed by atoms with Crippen molar-refractivity contribution in [1.82, 2.24) is 0 Å². The maximum absolute atomic E-state index is 9.81. The Kier molecular flexibility index (Phi) is 4.36. The average molecular weight is 213 g/mol. The normalized spacial score (nSPS) is 11.8. The summed E-state index contributed by atoms with van der Waals surface area (Å²) >= 11 is 0. The van der Waals surface area contributed by atoms with Crippen LogP contribution in [-0.4, -0.2) is 29.5 Å². The van der Waals surface area contributed by atoms with Crippen molar-refractivity contribution in [3.8, 4) is 5.75 Å². The van der Waals surface area contributed by atoms with E-state index in [2.05, 4.69) is 4.84 Å². The van der Waals surface area contributed by atoms with Crippen molar-refractivity contribution in [1.29, 1.82) is 0 Å². The molecule has 0 saturated carbocycles. The van der Waals surface area contributed by atoms with E-state index in [-0.39, 0.29) is 13.2 Å². The highest BCUT2D eigenvalue weighted by molar-refractivity contribution is 5.20. The van der Waals surface area contributed by atoms with Gasteiger partial charge in [0, 0.05) is 0 Å². The van der Waals surface area contributed by atoms with Crippen molar-refractivity contribution in [3.63, 3.8) is 0 Å². The van der Waals surface area contributed by atoms with E-state index in [1.165, 1.54) is 0 Å². The molecule has 0 aromatic heterocycles. The van der Waals surface area contributed by atoms with E-state index in [9.17, 15) is 15.2 Å². The lowest BCUT2D eigenvalue weighted by molar-refractivity contribution is -0.759. The Morgan fingerprint density at radius 2 is 2.00 bits per heavy atom. The minimum atomic E-state index is -1.02. The summed E-state index contributed by atoms with van der Waals surface area (Å²) in [6.45, 7) is -0.433. The van der Waals surface area contributed by atoms with E-state index in [0.717, 1.165) is 0 Å². The van der Waals surface area contributed by atoms with Crippen LogP contribution < -0.4 is 4.74 Å². The molecule has 0 saturated heterocycles. The second-order valence-electron chi connectivity index (χ2n) is 2.80. The Hall–Kier alpha value is -1.82. The summed E-state index contributed by atoms with van der Waals surface area (Å²) in [7, 11) is 0. The predicted octanol–water partition coefficient (Wildman–Crippen LogP) is 0.635. The maximum atomic E-state index is 9.81. The van der Waals surface area contributed by atoms with Crippen molar-refractivity contribution in [2.75, 3.05) is 13.2 Å². The molecular formula is C9H11NO5. The van der Waals surface area contributed by atoms with Gasteiger partial charge in [-0.05, 0) is 12.1 Å². The third kappa shape index (κ3) is 4.82. The Balaban J connectivity index is 2.22. The lowest BCUT2D eigenvalue weighted by Gasteiger charge is -2.10. The van der Waals surface area contributed by atoms with E-state index in [4.69, 9.17) is 4.74 Å². The molecule has 0 aliphatic carbocycles. The van der Waals surface area contributed by atoms with Gasteiger partial charge in [0.05, 0.1) is 0 Å². The smallest absolute Gasteiger partial charge is 0.294 e. The summed E-state index contributed by atoms with van der Waals surface area (Å²) in [5.74, 6) is 0.595. The van der Waals surface area contributed by atoms with Gasteiger partial charge >= 0.3 is 0 Å². The fourth-order valence-electron chi connectivity index (χ4n) is 0.904. The first-order valence-corrected chi connectivity index (χ1v) is 4.31. The molecule has 0 fully saturated rings. The van der Waals surface area contributed by atoms with Gasteiger partial charge in [-0.25, -0.2) is 0 Å². The highest BCUT2D eigenvalue weighted by atomic mass is 17.0. The lowest BCUT2D eigenvalue weighted by Crippen LogP contribution is -2.24. The molecule has 0 radical (unpaired) electrons. The minimum Gasteiger partial charge on any atom is -0.491 e. The van der Waals surface area contributed by atoms with Gasteiger partial charge in [0.25, 0.3) is 5.09 Å². The number of hydrogen-bond donors (Lipinski definition) is 1. The summed E-state index contributed by atoms with van der Waals surface area (Å²) in [6, 6.07) is 8.85. The third-order valence-electron chi connectivity index (χ3n) is 1.56. The first kappa shape index (κ1) is 11.3. The van der Waals surface area contributed by atoms with Gasteiger partial charge in [0.15, 0.2) is 0 Å². The SMILES string of the molecule is O=[N+]([O-])OC[C@@H](O)COc1ccccc1. The van der Waals surface area contributed by atoms with E-state index < -0.39 is 11.2 Å². The first-order valence-electron chi connectivity index (χ1n) is 4.31. The van der Waals surface area contributed by atoms with Crippen LogP contribution in [-0.2, 0) is 4.84 Å². The first-order chi connectivity index (χ1) is 7.18. The summed E-state index contributed by atoms with van der Waals surface area (Å²) in [5.41, 5.74) is 0. The third-order valence-corrected chi connectivity index (χ3v) is 1.56. The van der Waals surface area contributed by atoms with E-state index in [1.807, 2.05) is 6.07 Å². The van der Waals surface area contributed by atoms with E-state index in [1.54, 1.807) is 24.3 Å². The van der Waals surface area contributed by atoms with Crippen LogP contribution in [0.1, 0.15) is 0 Å². The van der Waals surface area contributed by atoms with Crippen molar-refractivity contribution in [3.05, 3.63) is 40.4 Å². The fourth-order valence-corrected chi connectivity index (χ4v) is 0.904. The molecular weight excluding hydrogens is 202 g/mol. The van der Waals surface area contributed by atoms with Gasteiger partial charge in [0.2, 0.25) is 0 Å². The molecule has 1 atom stereocenters. The quantitative estimate of drug-likeness (QED) is 0.553. The zero-order chi connectivity index (χ0) is 11.1. The predicted molar refractivity (Wildman–Crippen MR) is 50.9 cm³/mol. The molecule has 0 spiro atoms. The van der Waals surface area contributed by atoms with Crippen LogP contribution in [0.5, 0.6) is 5.75 Å². The number of ether oxygens (including phenoxy) is 1. The summed E-state index contributed by atoms with van der Waals surface area (Å²) in [4.78, 5) is 13.8. The topological polar surface area (TPSA) is 81.8 Å². The average Bonchev–Trinajstić information content (AvgIpc) is 2.25. The maximum Gasteiger partial charge on any atom is 0.294 e. The standard InChI is InChI=1S/C9H11NO5/c11-8(7-15-10(12)13)6-14-9-4-2-1-3-5-9/h1-5,8,11H,6-7H2/t8-/m0/s1. The molecule has 0 heterocycles. The molecule has 0 aliphatic rings. The molecule has 1 N–H and O–H groups in total. The second kappa shape index (κ2) is 5.82.